The van der Waals surface area contributed by atoms with Gasteiger partial charge in [-0.05, 0) is 98.4 Å². The minimum Gasteiger partial charge on any atom is -0.486 e. The number of hydrogen-bond acceptors (Lipinski definition) is 3. The van der Waals surface area contributed by atoms with Crippen molar-refractivity contribution in [1.82, 2.24) is 0 Å². The van der Waals surface area contributed by atoms with E-state index in [1.807, 2.05) is 6.92 Å². The van der Waals surface area contributed by atoms with Gasteiger partial charge in [0, 0.05) is 5.92 Å². The van der Waals surface area contributed by atoms with E-state index < -0.39 is 23.3 Å². The standard InChI is InChI=1S/C28H29F3O3/c1-2-27(15-19-13-22(27)25-17-9-8-16(12-17)24(19)25)34-23-14-18(10-11-21(23)28(29,30)31)26(32)33-20-6-4-3-5-7-20/h3-7,10-11,14,16-17,19,22,24-25H,2,8-9,12-13,15H2,1H3. The van der Waals surface area contributed by atoms with Crippen LogP contribution >= 0.6 is 0 Å². The molecule has 0 aromatic heterocycles. The van der Waals surface area contributed by atoms with Gasteiger partial charge < -0.3 is 9.47 Å². The summed E-state index contributed by atoms with van der Waals surface area (Å²) in [5, 5.41) is 0. The van der Waals surface area contributed by atoms with Gasteiger partial charge in [-0.1, -0.05) is 25.1 Å². The molecule has 4 aliphatic carbocycles. The molecule has 0 N–H and O–H groups in total. The van der Waals surface area contributed by atoms with E-state index >= 15 is 0 Å². The molecule has 0 spiro atoms. The van der Waals surface area contributed by atoms with Crippen LogP contribution in [0.1, 0.15) is 61.4 Å². The second-order valence-electron chi connectivity index (χ2n) is 10.7. The minimum absolute atomic E-state index is 0.0547. The average Bonchev–Trinajstić information content (AvgIpc) is 3.58. The van der Waals surface area contributed by atoms with Crippen LogP contribution in [0.3, 0.4) is 0 Å². The molecule has 4 fully saturated rings. The third kappa shape index (κ3) is 3.36. The van der Waals surface area contributed by atoms with E-state index in [0.29, 0.717) is 35.8 Å². The van der Waals surface area contributed by atoms with Crippen molar-refractivity contribution < 1.29 is 27.4 Å². The lowest BCUT2D eigenvalue weighted by Gasteiger charge is -2.46. The highest BCUT2D eigenvalue weighted by atomic mass is 19.4. The quantitative estimate of drug-likeness (QED) is 0.264. The third-order valence-electron chi connectivity index (χ3n) is 9.28. The molecule has 3 nitrogen and oxygen atoms in total. The first kappa shape index (κ1) is 22.0. The average molecular weight is 471 g/mol. The summed E-state index contributed by atoms with van der Waals surface area (Å²) < 4.78 is 53.7. The number of carbonyl (C=O) groups is 1. The molecule has 2 aromatic carbocycles. The Morgan fingerprint density at radius 1 is 1.00 bits per heavy atom. The lowest BCUT2D eigenvalue weighted by molar-refractivity contribution is -0.141. The van der Waals surface area contributed by atoms with E-state index in [1.165, 1.54) is 31.4 Å². The molecule has 6 heteroatoms. The largest absolute Gasteiger partial charge is 0.486 e. The first-order valence-corrected chi connectivity index (χ1v) is 12.5. The van der Waals surface area contributed by atoms with Gasteiger partial charge in [0.2, 0.25) is 0 Å². The number of esters is 1. The Bertz CT molecular complexity index is 1100. The fraction of sp³-hybridized carbons (Fsp3) is 0.536. The first-order valence-electron chi connectivity index (χ1n) is 12.5. The van der Waals surface area contributed by atoms with Gasteiger partial charge in [-0.25, -0.2) is 4.79 Å². The van der Waals surface area contributed by atoms with Crippen molar-refractivity contribution in [2.45, 2.75) is 57.2 Å². The Morgan fingerprint density at radius 3 is 2.44 bits per heavy atom. The fourth-order valence-corrected chi connectivity index (χ4v) is 8.13. The summed E-state index contributed by atoms with van der Waals surface area (Å²) in [6.07, 6.45) is 1.84. The van der Waals surface area contributed by atoms with Gasteiger partial charge in [-0.15, -0.1) is 0 Å². The monoisotopic (exact) mass is 470 g/mol. The molecule has 0 amide bonds. The second-order valence-corrected chi connectivity index (χ2v) is 10.7. The zero-order chi connectivity index (χ0) is 23.7. The zero-order valence-corrected chi connectivity index (χ0v) is 19.2. The van der Waals surface area contributed by atoms with Gasteiger partial charge in [0.25, 0.3) is 0 Å². The summed E-state index contributed by atoms with van der Waals surface area (Å²) in [6, 6.07) is 11.9. The number of alkyl halides is 3. The van der Waals surface area contributed by atoms with E-state index in [2.05, 4.69) is 0 Å². The highest BCUT2D eigenvalue weighted by Gasteiger charge is 2.67. The van der Waals surface area contributed by atoms with Crippen molar-refractivity contribution >= 4 is 5.97 Å². The number of rotatable bonds is 5. The highest BCUT2D eigenvalue weighted by Crippen LogP contribution is 2.70. The number of ether oxygens (including phenoxy) is 2. The van der Waals surface area contributed by atoms with Crippen LogP contribution in [0, 0.1) is 35.5 Å². The number of para-hydroxylation sites is 1. The molecule has 0 saturated heterocycles. The van der Waals surface area contributed by atoms with Crippen LogP contribution in [-0.2, 0) is 6.18 Å². The first-order chi connectivity index (χ1) is 16.3. The third-order valence-corrected chi connectivity index (χ3v) is 9.28. The maximum Gasteiger partial charge on any atom is 0.419 e. The molecular weight excluding hydrogens is 441 g/mol. The molecule has 0 aliphatic heterocycles. The summed E-state index contributed by atoms with van der Waals surface area (Å²) in [5.74, 6) is 3.07. The van der Waals surface area contributed by atoms with Crippen LogP contribution in [0.2, 0.25) is 0 Å². The Labute approximate surface area is 197 Å². The summed E-state index contributed by atoms with van der Waals surface area (Å²) >= 11 is 0. The van der Waals surface area contributed by atoms with Crippen molar-refractivity contribution in [3.8, 4) is 11.5 Å². The van der Waals surface area contributed by atoms with E-state index in [9.17, 15) is 18.0 Å². The van der Waals surface area contributed by atoms with Crippen molar-refractivity contribution in [2.75, 3.05) is 0 Å². The Balaban J connectivity index is 1.32. The lowest BCUT2D eigenvalue weighted by atomic mass is 9.65. The Hall–Kier alpha value is -2.50. The predicted octanol–water partition coefficient (Wildman–Crippen LogP) is 7.15. The number of hydrogen-bond donors (Lipinski definition) is 0. The van der Waals surface area contributed by atoms with Crippen LogP contribution in [0.5, 0.6) is 11.5 Å². The normalized spacial score (nSPS) is 35.4. The molecular formula is C28H29F3O3. The van der Waals surface area contributed by atoms with Gasteiger partial charge in [-0.3, -0.25) is 0 Å². The lowest BCUT2D eigenvalue weighted by Crippen LogP contribution is -2.48. The predicted molar refractivity (Wildman–Crippen MR) is 121 cm³/mol. The van der Waals surface area contributed by atoms with Crippen molar-refractivity contribution in [3.05, 3.63) is 59.7 Å². The summed E-state index contributed by atoms with van der Waals surface area (Å²) in [6.45, 7) is 2.03. The smallest absolute Gasteiger partial charge is 0.419 e. The van der Waals surface area contributed by atoms with E-state index in [1.54, 1.807) is 30.3 Å². The zero-order valence-electron chi connectivity index (χ0n) is 19.2. The van der Waals surface area contributed by atoms with Crippen molar-refractivity contribution in [1.29, 1.82) is 0 Å². The molecule has 6 rings (SSSR count). The summed E-state index contributed by atoms with van der Waals surface area (Å²) in [4.78, 5) is 12.7. The van der Waals surface area contributed by atoms with E-state index in [4.69, 9.17) is 9.47 Å². The number of carbonyl (C=O) groups excluding carboxylic acids is 1. The van der Waals surface area contributed by atoms with E-state index in [-0.39, 0.29) is 11.3 Å². The van der Waals surface area contributed by atoms with E-state index in [0.717, 1.165) is 30.7 Å². The van der Waals surface area contributed by atoms with Crippen molar-refractivity contribution in [2.24, 2.45) is 35.5 Å². The van der Waals surface area contributed by atoms with Gasteiger partial charge in [-0.2, -0.15) is 13.2 Å². The van der Waals surface area contributed by atoms with Crippen molar-refractivity contribution in [3.63, 3.8) is 0 Å². The Morgan fingerprint density at radius 2 is 1.74 bits per heavy atom. The molecule has 0 radical (unpaired) electrons. The minimum atomic E-state index is -4.57. The summed E-state index contributed by atoms with van der Waals surface area (Å²) in [5.41, 5.74) is -1.37. The Kier molecular flexibility index (Phi) is 5.02. The highest BCUT2D eigenvalue weighted by molar-refractivity contribution is 5.91. The number of halogens is 3. The van der Waals surface area contributed by atoms with Crippen LogP contribution < -0.4 is 9.47 Å². The SMILES string of the molecule is CCC1(Oc2cc(C(=O)Oc3ccccc3)ccc2C(F)(F)F)CC2CC1C1C3CCC(C3)C21. The van der Waals surface area contributed by atoms with Crippen LogP contribution in [0.4, 0.5) is 13.2 Å². The number of benzene rings is 2. The number of fused-ring (bicyclic) bond motifs is 9. The maximum atomic E-state index is 14.0. The molecule has 34 heavy (non-hydrogen) atoms. The molecule has 2 aromatic rings. The molecule has 4 saturated carbocycles. The van der Waals surface area contributed by atoms with Crippen LogP contribution in [-0.4, -0.2) is 11.6 Å². The molecule has 0 heterocycles. The molecule has 7 atom stereocenters. The molecule has 4 bridgehead atoms. The molecule has 180 valence electrons. The second kappa shape index (κ2) is 7.76. The van der Waals surface area contributed by atoms with Crippen LogP contribution in [0.15, 0.2) is 48.5 Å². The topological polar surface area (TPSA) is 35.5 Å². The fourth-order valence-electron chi connectivity index (χ4n) is 8.13. The van der Waals surface area contributed by atoms with Gasteiger partial charge >= 0.3 is 12.1 Å². The summed E-state index contributed by atoms with van der Waals surface area (Å²) in [7, 11) is 0. The van der Waals surface area contributed by atoms with Crippen LogP contribution in [0.25, 0.3) is 0 Å². The maximum absolute atomic E-state index is 14.0. The van der Waals surface area contributed by atoms with Gasteiger partial charge in [0.05, 0.1) is 11.1 Å². The van der Waals surface area contributed by atoms with Gasteiger partial charge in [0.1, 0.15) is 17.1 Å². The molecule has 4 aliphatic rings. The molecule has 7 unspecified atom stereocenters. The van der Waals surface area contributed by atoms with Gasteiger partial charge in [0.15, 0.2) is 0 Å².